The van der Waals surface area contributed by atoms with E-state index in [0.29, 0.717) is 17.7 Å². The number of nitrogens with one attached hydrogen (secondary N) is 3. The Kier molecular flexibility index (Phi) is 5.41. The van der Waals surface area contributed by atoms with Gasteiger partial charge in [-0.2, -0.15) is 0 Å². The zero-order chi connectivity index (χ0) is 18.7. The van der Waals surface area contributed by atoms with E-state index in [1.165, 1.54) is 31.2 Å². The molecule has 3 amide bonds. The van der Waals surface area contributed by atoms with Crippen LogP contribution >= 0.6 is 11.8 Å². The van der Waals surface area contributed by atoms with E-state index < -0.39 is 11.8 Å². The first-order valence-corrected chi connectivity index (χ1v) is 8.98. The molecule has 1 aliphatic rings. The number of benzene rings is 2. The highest BCUT2D eigenvalue weighted by molar-refractivity contribution is 7.99. The number of rotatable bonds is 3. The van der Waals surface area contributed by atoms with E-state index >= 15 is 0 Å². The summed E-state index contributed by atoms with van der Waals surface area (Å²) < 4.78 is 27.5. The fraction of sp³-hybridized carbons (Fsp3) is 0.222. The number of carbonyl (C=O) groups is 2. The second-order valence-electron chi connectivity index (χ2n) is 5.85. The van der Waals surface area contributed by atoms with E-state index in [4.69, 9.17) is 0 Å². The largest absolute Gasteiger partial charge is 0.331 e. The van der Waals surface area contributed by atoms with E-state index in [2.05, 4.69) is 16.0 Å². The van der Waals surface area contributed by atoms with Gasteiger partial charge in [0.25, 0.3) is 0 Å². The molecule has 1 heterocycles. The summed E-state index contributed by atoms with van der Waals surface area (Å²) in [6.45, 7) is 1.33. The maximum atomic E-state index is 13.9. The van der Waals surface area contributed by atoms with Crippen molar-refractivity contribution in [3.63, 3.8) is 0 Å². The third kappa shape index (κ3) is 4.32. The Labute approximate surface area is 153 Å². The second kappa shape index (κ2) is 7.74. The normalized spacial score (nSPS) is 15.7. The summed E-state index contributed by atoms with van der Waals surface area (Å²) in [5.74, 6) is -0.506. The number of thioether (sulfide) groups is 1. The molecule has 0 bridgehead atoms. The summed E-state index contributed by atoms with van der Waals surface area (Å²) in [7, 11) is 0. The van der Waals surface area contributed by atoms with Crippen LogP contribution in [0.3, 0.4) is 0 Å². The van der Waals surface area contributed by atoms with Crippen molar-refractivity contribution in [3.8, 4) is 0 Å². The van der Waals surface area contributed by atoms with Crippen molar-refractivity contribution in [1.29, 1.82) is 0 Å². The molecule has 3 N–H and O–H groups in total. The van der Waals surface area contributed by atoms with Crippen LogP contribution in [0, 0.1) is 11.6 Å². The Hall–Kier alpha value is -2.61. The van der Waals surface area contributed by atoms with Gasteiger partial charge in [0, 0.05) is 23.3 Å². The average molecular weight is 377 g/mol. The molecule has 26 heavy (non-hydrogen) atoms. The molecule has 3 rings (SSSR count). The monoisotopic (exact) mass is 377 g/mol. The number of halogens is 2. The van der Waals surface area contributed by atoms with E-state index in [1.807, 2.05) is 0 Å². The van der Waals surface area contributed by atoms with Crippen LogP contribution in [0.15, 0.2) is 41.3 Å². The molecule has 0 radical (unpaired) electrons. The molecule has 0 spiro atoms. The lowest BCUT2D eigenvalue weighted by atomic mass is 10.0. The molecule has 0 fully saturated rings. The number of carbonyl (C=O) groups excluding carboxylic acids is 2. The highest BCUT2D eigenvalue weighted by Crippen LogP contribution is 2.36. The Morgan fingerprint density at radius 2 is 1.92 bits per heavy atom. The molecule has 1 unspecified atom stereocenters. The fourth-order valence-electron chi connectivity index (χ4n) is 2.73. The first kappa shape index (κ1) is 18.2. The molecule has 2 aromatic rings. The van der Waals surface area contributed by atoms with Crippen LogP contribution in [0.2, 0.25) is 0 Å². The molecule has 0 aromatic heterocycles. The van der Waals surface area contributed by atoms with Gasteiger partial charge in [-0.05, 0) is 48.4 Å². The van der Waals surface area contributed by atoms with Gasteiger partial charge in [-0.3, -0.25) is 4.79 Å². The highest BCUT2D eigenvalue weighted by atomic mass is 32.2. The third-order valence-corrected chi connectivity index (χ3v) is 4.97. The quantitative estimate of drug-likeness (QED) is 0.748. The SMILES string of the molecule is CC(=O)Nc1ccc(F)c(NC(=O)NC2CCSc3ccc(F)cc32)c1. The number of anilines is 2. The Morgan fingerprint density at radius 3 is 2.69 bits per heavy atom. The lowest BCUT2D eigenvalue weighted by molar-refractivity contribution is -0.114. The van der Waals surface area contributed by atoms with E-state index in [0.717, 1.165) is 16.7 Å². The van der Waals surface area contributed by atoms with Gasteiger partial charge in [0.2, 0.25) is 5.91 Å². The summed E-state index contributed by atoms with van der Waals surface area (Å²) in [4.78, 5) is 24.3. The predicted octanol–water partition coefficient (Wildman–Crippen LogP) is 4.28. The molecule has 1 atom stereocenters. The molecule has 2 aromatic carbocycles. The van der Waals surface area contributed by atoms with Crippen LogP contribution in [0.1, 0.15) is 24.9 Å². The van der Waals surface area contributed by atoms with E-state index in [-0.39, 0.29) is 23.5 Å². The van der Waals surface area contributed by atoms with Gasteiger partial charge in [0.05, 0.1) is 11.7 Å². The number of hydrogen-bond donors (Lipinski definition) is 3. The number of hydrogen-bond acceptors (Lipinski definition) is 3. The van der Waals surface area contributed by atoms with E-state index in [1.54, 1.807) is 17.8 Å². The van der Waals surface area contributed by atoms with Crippen LogP contribution in [0.4, 0.5) is 25.0 Å². The molecule has 8 heteroatoms. The lowest BCUT2D eigenvalue weighted by Crippen LogP contribution is -2.34. The van der Waals surface area contributed by atoms with E-state index in [9.17, 15) is 18.4 Å². The minimum absolute atomic E-state index is 0.0570. The minimum atomic E-state index is -0.625. The summed E-state index contributed by atoms with van der Waals surface area (Å²) in [5.41, 5.74) is 1.03. The van der Waals surface area contributed by atoms with Crippen LogP contribution in [0.5, 0.6) is 0 Å². The van der Waals surface area contributed by atoms with Crippen LogP contribution in [0.25, 0.3) is 0 Å². The van der Waals surface area contributed by atoms with Crippen molar-refractivity contribution >= 4 is 35.1 Å². The van der Waals surface area contributed by atoms with Gasteiger partial charge in [-0.25, -0.2) is 13.6 Å². The Morgan fingerprint density at radius 1 is 1.12 bits per heavy atom. The molecule has 0 saturated heterocycles. The topological polar surface area (TPSA) is 70.2 Å². The average Bonchev–Trinajstić information content (AvgIpc) is 2.58. The number of urea groups is 1. The molecule has 0 aliphatic carbocycles. The van der Waals surface area contributed by atoms with Gasteiger partial charge in [0.15, 0.2) is 0 Å². The third-order valence-electron chi connectivity index (χ3n) is 3.85. The van der Waals surface area contributed by atoms with Crippen molar-refractivity contribution in [2.75, 3.05) is 16.4 Å². The molecule has 0 saturated carbocycles. The van der Waals surface area contributed by atoms with Gasteiger partial charge >= 0.3 is 6.03 Å². The Balaban J connectivity index is 1.72. The van der Waals surface area contributed by atoms with Gasteiger partial charge < -0.3 is 16.0 Å². The smallest absolute Gasteiger partial charge is 0.319 e. The number of fused-ring (bicyclic) bond motifs is 1. The first-order valence-electron chi connectivity index (χ1n) is 7.99. The van der Waals surface area contributed by atoms with Gasteiger partial charge in [-0.15, -0.1) is 11.8 Å². The summed E-state index contributed by atoms with van der Waals surface area (Å²) in [6, 6.07) is 7.42. The molecule has 1 aliphatic heterocycles. The van der Waals surface area contributed by atoms with Crippen LogP contribution in [-0.4, -0.2) is 17.7 Å². The lowest BCUT2D eigenvalue weighted by Gasteiger charge is -2.26. The van der Waals surface area contributed by atoms with Crippen molar-refractivity contribution in [2.24, 2.45) is 0 Å². The fourth-order valence-corrected chi connectivity index (χ4v) is 3.84. The maximum absolute atomic E-state index is 13.9. The standard InChI is InChI=1S/C18H17F2N3O2S/c1-10(24)21-12-3-4-14(20)16(9-12)23-18(25)22-15-6-7-26-17-5-2-11(19)8-13(15)17/h2-5,8-9,15H,6-7H2,1H3,(H,21,24)(H2,22,23,25). The van der Waals surface area contributed by atoms with Crippen molar-refractivity contribution in [1.82, 2.24) is 5.32 Å². The maximum Gasteiger partial charge on any atom is 0.319 e. The van der Waals surface area contributed by atoms with Gasteiger partial charge in [-0.1, -0.05) is 0 Å². The minimum Gasteiger partial charge on any atom is -0.331 e. The summed E-state index contributed by atoms with van der Waals surface area (Å²) in [5, 5.41) is 7.72. The number of amides is 3. The molecule has 136 valence electrons. The first-order chi connectivity index (χ1) is 12.4. The zero-order valence-electron chi connectivity index (χ0n) is 13.9. The highest BCUT2D eigenvalue weighted by Gasteiger charge is 2.23. The van der Waals surface area contributed by atoms with Crippen molar-refractivity contribution in [2.45, 2.75) is 24.3 Å². The van der Waals surface area contributed by atoms with Crippen LogP contribution in [-0.2, 0) is 4.79 Å². The Bertz CT molecular complexity index is 860. The van der Waals surface area contributed by atoms with Crippen molar-refractivity contribution < 1.29 is 18.4 Å². The zero-order valence-corrected chi connectivity index (χ0v) is 14.8. The predicted molar refractivity (Wildman–Crippen MR) is 97.3 cm³/mol. The van der Waals surface area contributed by atoms with Crippen molar-refractivity contribution in [3.05, 3.63) is 53.6 Å². The molecular weight excluding hydrogens is 360 g/mol. The second-order valence-corrected chi connectivity index (χ2v) is 6.98. The van der Waals surface area contributed by atoms with Crippen LogP contribution < -0.4 is 16.0 Å². The molecular formula is C18H17F2N3O2S. The molecule has 5 nitrogen and oxygen atoms in total. The summed E-state index contributed by atoms with van der Waals surface area (Å²) >= 11 is 1.60. The summed E-state index contributed by atoms with van der Waals surface area (Å²) in [6.07, 6.45) is 0.642. The van der Waals surface area contributed by atoms with Gasteiger partial charge in [0.1, 0.15) is 11.6 Å².